The predicted octanol–water partition coefficient (Wildman–Crippen LogP) is 3.30. The zero-order chi connectivity index (χ0) is 10.8. The maximum absolute atomic E-state index is 3.79. The molecule has 1 nitrogen and oxygen atoms in total. The van der Waals surface area contributed by atoms with E-state index in [9.17, 15) is 0 Å². The van der Waals surface area contributed by atoms with Crippen LogP contribution in [-0.4, -0.2) is 23.1 Å². The highest BCUT2D eigenvalue weighted by atomic mass is 32.2. The Hall–Kier alpha value is 0.310. The summed E-state index contributed by atoms with van der Waals surface area (Å²) in [6.45, 7) is 11.6. The van der Waals surface area contributed by atoms with Crippen molar-refractivity contribution in [1.82, 2.24) is 5.32 Å². The van der Waals surface area contributed by atoms with Gasteiger partial charge in [-0.2, -0.15) is 11.8 Å². The Kier molecular flexibility index (Phi) is 3.93. The average Bonchev–Trinajstić information content (AvgIpc) is 2.31. The second-order valence-electron chi connectivity index (χ2n) is 6.33. The van der Waals surface area contributed by atoms with E-state index in [1.807, 2.05) is 0 Å². The van der Waals surface area contributed by atoms with Crippen LogP contribution in [0.2, 0.25) is 0 Å². The molecule has 1 fully saturated rings. The second kappa shape index (κ2) is 4.44. The highest BCUT2D eigenvalue weighted by Crippen LogP contribution is 2.28. The van der Waals surface area contributed by atoms with Crippen LogP contribution in [0.25, 0.3) is 0 Å². The first kappa shape index (κ1) is 12.4. The zero-order valence-electron chi connectivity index (χ0n) is 10.3. The van der Waals surface area contributed by atoms with E-state index in [0.29, 0.717) is 5.41 Å². The van der Waals surface area contributed by atoms with Crippen molar-refractivity contribution in [2.24, 2.45) is 5.41 Å². The summed E-state index contributed by atoms with van der Waals surface area (Å²) < 4.78 is 0. The molecule has 1 heterocycles. The van der Waals surface area contributed by atoms with E-state index >= 15 is 0 Å². The fourth-order valence-corrected chi connectivity index (χ4v) is 3.73. The zero-order valence-corrected chi connectivity index (χ0v) is 11.1. The van der Waals surface area contributed by atoms with Gasteiger partial charge in [-0.1, -0.05) is 20.8 Å². The summed E-state index contributed by atoms with van der Waals surface area (Å²) in [4.78, 5) is 0. The first-order chi connectivity index (χ1) is 6.29. The van der Waals surface area contributed by atoms with Crippen LogP contribution < -0.4 is 5.32 Å². The van der Waals surface area contributed by atoms with Gasteiger partial charge in [0.05, 0.1) is 0 Å². The van der Waals surface area contributed by atoms with Crippen LogP contribution in [0.5, 0.6) is 0 Å². The highest BCUT2D eigenvalue weighted by Gasteiger charge is 2.28. The largest absolute Gasteiger partial charge is 0.308 e. The molecule has 14 heavy (non-hydrogen) atoms. The molecule has 0 bridgehead atoms. The molecule has 1 rings (SSSR count). The standard InChI is InChI=1S/C12H25NS/c1-11(2,3)9-12(4,5)13-10-6-7-14-8-10/h10,13H,6-9H2,1-5H3. The fraction of sp³-hybridized carbons (Fsp3) is 1.00. The van der Waals surface area contributed by atoms with Crippen molar-refractivity contribution in [2.75, 3.05) is 11.5 Å². The maximum atomic E-state index is 3.79. The van der Waals surface area contributed by atoms with Crippen LogP contribution in [0.15, 0.2) is 0 Å². The molecule has 0 saturated carbocycles. The fourth-order valence-electron chi connectivity index (χ4n) is 2.58. The van der Waals surface area contributed by atoms with Crippen molar-refractivity contribution in [3.05, 3.63) is 0 Å². The minimum atomic E-state index is 0.286. The summed E-state index contributed by atoms with van der Waals surface area (Å²) in [5.41, 5.74) is 0.704. The van der Waals surface area contributed by atoms with E-state index < -0.39 is 0 Å². The van der Waals surface area contributed by atoms with Crippen molar-refractivity contribution in [3.8, 4) is 0 Å². The van der Waals surface area contributed by atoms with Gasteiger partial charge in [-0.15, -0.1) is 0 Å². The van der Waals surface area contributed by atoms with E-state index in [1.165, 1.54) is 24.3 Å². The van der Waals surface area contributed by atoms with Gasteiger partial charge in [0.15, 0.2) is 0 Å². The quantitative estimate of drug-likeness (QED) is 0.775. The molecule has 84 valence electrons. The lowest BCUT2D eigenvalue weighted by Crippen LogP contribution is -2.48. The van der Waals surface area contributed by atoms with Crippen molar-refractivity contribution in [3.63, 3.8) is 0 Å². The van der Waals surface area contributed by atoms with Gasteiger partial charge >= 0.3 is 0 Å². The van der Waals surface area contributed by atoms with Gasteiger partial charge in [0.1, 0.15) is 0 Å². The molecule has 0 aliphatic carbocycles. The number of hydrogen-bond donors (Lipinski definition) is 1. The monoisotopic (exact) mass is 215 g/mol. The van der Waals surface area contributed by atoms with Crippen LogP contribution in [-0.2, 0) is 0 Å². The van der Waals surface area contributed by atoms with Gasteiger partial charge in [-0.05, 0) is 37.9 Å². The summed E-state index contributed by atoms with van der Waals surface area (Å²) in [6.07, 6.45) is 2.58. The minimum absolute atomic E-state index is 0.286. The molecule has 1 saturated heterocycles. The average molecular weight is 215 g/mol. The summed E-state index contributed by atoms with van der Waals surface area (Å²) in [5.74, 6) is 2.64. The van der Waals surface area contributed by atoms with Crippen molar-refractivity contribution in [2.45, 2.75) is 59.0 Å². The molecule has 0 aromatic carbocycles. The van der Waals surface area contributed by atoms with Gasteiger partial charge in [-0.3, -0.25) is 0 Å². The number of hydrogen-bond acceptors (Lipinski definition) is 2. The molecule has 1 aliphatic heterocycles. The molecule has 0 spiro atoms. The smallest absolute Gasteiger partial charge is 0.0171 e. The summed E-state index contributed by atoms with van der Waals surface area (Å²) in [7, 11) is 0. The number of thioether (sulfide) groups is 1. The highest BCUT2D eigenvalue weighted by molar-refractivity contribution is 7.99. The van der Waals surface area contributed by atoms with Crippen LogP contribution in [0, 0.1) is 5.41 Å². The molecule has 1 aliphatic rings. The van der Waals surface area contributed by atoms with E-state index in [-0.39, 0.29) is 5.54 Å². The van der Waals surface area contributed by atoms with Crippen LogP contribution in [0.3, 0.4) is 0 Å². The molecule has 2 heteroatoms. The first-order valence-corrected chi connectivity index (χ1v) is 6.79. The molecule has 0 aromatic heterocycles. The Morgan fingerprint density at radius 3 is 2.29 bits per heavy atom. The van der Waals surface area contributed by atoms with Gasteiger partial charge in [0, 0.05) is 17.3 Å². The molecule has 0 amide bonds. The predicted molar refractivity (Wildman–Crippen MR) is 67.0 cm³/mol. The molecule has 0 aromatic rings. The van der Waals surface area contributed by atoms with Crippen molar-refractivity contribution in [1.29, 1.82) is 0 Å². The van der Waals surface area contributed by atoms with Gasteiger partial charge in [0.25, 0.3) is 0 Å². The normalized spacial score (nSPS) is 24.2. The Bertz CT molecular complexity index is 175. The van der Waals surface area contributed by atoms with Crippen LogP contribution in [0.1, 0.15) is 47.5 Å². The van der Waals surface area contributed by atoms with E-state index in [4.69, 9.17) is 0 Å². The van der Waals surface area contributed by atoms with Gasteiger partial charge < -0.3 is 5.32 Å². The van der Waals surface area contributed by atoms with Crippen molar-refractivity contribution >= 4 is 11.8 Å². The maximum Gasteiger partial charge on any atom is 0.0171 e. The van der Waals surface area contributed by atoms with Crippen molar-refractivity contribution < 1.29 is 0 Å². The Morgan fingerprint density at radius 2 is 1.86 bits per heavy atom. The first-order valence-electron chi connectivity index (χ1n) is 5.64. The summed E-state index contributed by atoms with van der Waals surface area (Å²) in [5, 5.41) is 3.79. The van der Waals surface area contributed by atoms with E-state index in [1.54, 1.807) is 0 Å². The Balaban J connectivity index is 2.40. The second-order valence-corrected chi connectivity index (χ2v) is 7.48. The van der Waals surface area contributed by atoms with E-state index in [0.717, 1.165) is 6.04 Å². The lowest BCUT2D eigenvalue weighted by Gasteiger charge is -2.35. The van der Waals surface area contributed by atoms with Crippen LogP contribution in [0.4, 0.5) is 0 Å². The minimum Gasteiger partial charge on any atom is -0.308 e. The summed E-state index contributed by atoms with van der Waals surface area (Å²) in [6, 6.07) is 0.748. The van der Waals surface area contributed by atoms with Gasteiger partial charge in [-0.25, -0.2) is 0 Å². The molecular formula is C12H25NS. The molecule has 1 atom stereocenters. The third-order valence-corrected chi connectivity index (χ3v) is 3.66. The van der Waals surface area contributed by atoms with Crippen LogP contribution >= 0.6 is 11.8 Å². The number of rotatable bonds is 3. The third kappa shape index (κ3) is 4.70. The molecular weight excluding hydrogens is 190 g/mol. The Morgan fingerprint density at radius 1 is 1.21 bits per heavy atom. The Labute approximate surface area is 93.4 Å². The topological polar surface area (TPSA) is 12.0 Å². The number of nitrogens with one attached hydrogen (secondary N) is 1. The molecule has 1 unspecified atom stereocenters. The third-order valence-electron chi connectivity index (χ3n) is 2.50. The van der Waals surface area contributed by atoms with Gasteiger partial charge in [0.2, 0.25) is 0 Å². The van der Waals surface area contributed by atoms with E-state index in [2.05, 4.69) is 51.7 Å². The summed E-state index contributed by atoms with van der Waals surface area (Å²) >= 11 is 2.08. The SMILES string of the molecule is CC(C)(C)CC(C)(C)NC1CCSC1. The molecule has 1 N–H and O–H groups in total. The lowest BCUT2D eigenvalue weighted by atomic mass is 9.81. The lowest BCUT2D eigenvalue weighted by molar-refractivity contribution is 0.227. The molecule has 0 radical (unpaired) electrons.